The summed E-state index contributed by atoms with van der Waals surface area (Å²) in [6.07, 6.45) is 2.56. The van der Waals surface area contributed by atoms with Crippen LogP contribution in [-0.4, -0.2) is 0 Å². The van der Waals surface area contributed by atoms with E-state index in [2.05, 4.69) is 22.5 Å². The van der Waals surface area contributed by atoms with Crippen molar-refractivity contribution in [2.75, 3.05) is 0 Å². The van der Waals surface area contributed by atoms with Crippen molar-refractivity contribution >= 4 is 27.5 Å². The molecule has 0 amide bonds. The number of rotatable bonds is 3. The molecule has 1 aromatic carbocycles. The third kappa shape index (κ3) is 3.14. The lowest BCUT2D eigenvalue weighted by atomic mass is 10.1. The van der Waals surface area contributed by atoms with Crippen LogP contribution in [0.3, 0.4) is 0 Å². The zero-order valence-electron chi connectivity index (χ0n) is 7.13. The maximum absolute atomic E-state index is 5.89. The Morgan fingerprint density at radius 1 is 1.54 bits per heavy atom. The number of nitrogens with two attached hydrogens (primary N) is 1. The molecule has 70 valence electrons. The van der Waals surface area contributed by atoms with Crippen LogP contribution in [0.1, 0.15) is 18.0 Å². The molecule has 1 aromatic rings. The van der Waals surface area contributed by atoms with Gasteiger partial charge in [-0.1, -0.05) is 33.6 Å². The van der Waals surface area contributed by atoms with Crippen LogP contribution in [0.15, 0.2) is 35.3 Å². The molecule has 0 fully saturated rings. The summed E-state index contributed by atoms with van der Waals surface area (Å²) in [4.78, 5) is 0. The van der Waals surface area contributed by atoms with E-state index >= 15 is 0 Å². The third-order valence-corrected chi connectivity index (χ3v) is 2.41. The van der Waals surface area contributed by atoms with Gasteiger partial charge in [-0.25, -0.2) is 0 Å². The van der Waals surface area contributed by atoms with Gasteiger partial charge in [0, 0.05) is 15.5 Å². The van der Waals surface area contributed by atoms with E-state index in [1.54, 1.807) is 6.08 Å². The molecule has 0 spiro atoms. The molecular formula is C10H11BrClN. The summed E-state index contributed by atoms with van der Waals surface area (Å²) >= 11 is 9.25. The van der Waals surface area contributed by atoms with E-state index in [9.17, 15) is 0 Å². The summed E-state index contributed by atoms with van der Waals surface area (Å²) in [5.41, 5.74) is 6.92. The summed E-state index contributed by atoms with van der Waals surface area (Å²) in [5, 5.41) is 0.698. The molecular weight excluding hydrogens is 249 g/mol. The fourth-order valence-corrected chi connectivity index (χ4v) is 1.99. The maximum Gasteiger partial charge on any atom is 0.0420 e. The number of benzene rings is 1. The lowest BCUT2D eigenvalue weighted by Crippen LogP contribution is -2.08. The van der Waals surface area contributed by atoms with Crippen LogP contribution in [0, 0.1) is 0 Å². The highest BCUT2D eigenvalue weighted by atomic mass is 79.9. The summed E-state index contributed by atoms with van der Waals surface area (Å²) < 4.78 is 0.953. The largest absolute Gasteiger partial charge is 0.324 e. The van der Waals surface area contributed by atoms with E-state index in [1.165, 1.54) is 0 Å². The van der Waals surface area contributed by atoms with Gasteiger partial charge < -0.3 is 5.73 Å². The molecule has 0 aliphatic heterocycles. The van der Waals surface area contributed by atoms with Crippen molar-refractivity contribution < 1.29 is 0 Å². The average molecular weight is 261 g/mol. The van der Waals surface area contributed by atoms with Gasteiger partial charge in [0.25, 0.3) is 0 Å². The summed E-state index contributed by atoms with van der Waals surface area (Å²) in [6.45, 7) is 3.65. The van der Waals surface area contributed by atoms with Gasteiger partial charge in [-0.3, -0.25) is 0 Å². The maximum atomic E-state index is 5.89. The Hall–Kier alpha value is -0.310. The normalized spacial score (nSPS) is 12.5. The Bertz CT molecular complexity index is 292. The number of hydrogen-bond donors (Lipinski definition) is 1. The topological polar surface area (TPSA) is 26.0 Å². The second-order valence-corrected chi connectivity index (χ2v) is 4.19. The van der Waals surface area contributed by atoms with Gasteiger partial charge >= 0.3 is 0 Å². The molecule has 0 saturated heterocycles. The smallest absolute Gasteiger partial charge is 0.0420 e. The van der Waals surface area contributed by atoms with Crippen molar-refractivity contribution in [2.24, 2.45) is 5.73 Å². The quantitative estimate of drug-likeness (QED) is 0.825. The first-order chi connectivity index (χ1) is 6.13. The van der Waals surface area contributed by atoms with Crippen LogP contribution < -0.4 is 5.73 Å². The Labute approximate surface area is 91.7 Å². The van der Waals surface area contributed by atoms with Gasteiger partial charge in [-0.05, 0) is 30.2 Å². The predicted octanol–water partition coefficient (Wildman–Crippen LogP) is 3.68. The lowest BCUT2D eigenvalue weighted by Gasteiger charge is -2.10. The molecule has 0 aliphatic rings. The highest BCUT2D eigenvalue weighted by Gasteiger charge is 2.05. The van der Waals surface area contributed by atoms with E-state index in [0.29, 0.717) is 5.02 Å². The van der Waals surface area contributed by atoms with Crippen molar-refractivity contribution in [3.8, 4) is 0 Å². The number of halogens is 2. The van der Waals surface area contributed by atoms with Crippen molar-refractivity contribution in [1.29, 1.82) is 0 Å². The van der Waals surface area contributed by atoms with Crippen molar-refractivity contribution in [1.82, 2.24) is 0 Å². The SMILES string of the molecule is C=CC[C@@H](N)c1cc(Cl)cc(Br)c1. The molecule has 1 nitrogen and oxygen atoms in total. The standard InChI is InChI=1S/C10H11BrClN/c1-2-3-10(13)7-4-8(11)6-9(12)5-7/h2,4-6,10H,1,3,13H2/t10-/m1/s1. The fourth-order valence-electron chi connectivity index (χ4n) is 1.10. The average Bonchev–Trinajstić information content (AvgIpc) is 2.03. The molecule has 1 rings (SSSR count). The second-order valence-electron chi connectivity index (χ2n) is 2.83. The van der Waals surface area contributed by atoms with E-state index in [1.807, 2.05) is 18.2 Å². The van der Waals surface area contributed by atoms with Crippen molar-refractivity contribution in [2.45, 2.75) is 12.5 Å². The molecule has 2 N–H and O–H groups in total. The van der Waals surface area contributed by atoms with Crippen LogP contribution in [0.4, 0.5) is 0 Å². The van der Waals surface area contributed by atoms with E-state index in [0.717, 1.165) is 16.5 Å². The summed E-state index contributed by atoms with van der Waals surface area (Å²) in [7, 11) is 0. The first-order valence-electron chi connectivity index (χ1n) is 3.96. The number of hydrogen-bond acceptors (Lipinski definition) is 1. The molecule has 13 heavy (non-hydrogen) atoms. The third-order valence-electron chi connectivity index (χ3n) is 1.73. The van der Waals surface area contributed by atoms with Gasteiger partial charge in [0.1, 0.15) is 0 Å². The van der Waals surface area contributed by atoms with E-state index in [4.69, 9.17) is 17.3 Å². The second kappa shape index (κ2) is 4.80. The minimum atomic E-state index is -0.0208. The Morgan fingerprint density at radius 3 is 2.77 bits per heavy atom. The van der Waals surface area contributed by atoms with E-state index in [-0.39, 0.29) is 6.04 Å². The zero-order chi connectivity index (χ0) is 9.84. The van der Waals surface area contributed by atoms with Gasteiger partial charge in [0.15, 0.2) is 0 Å². The fraction of sp³-hybridized carbons (Fsp3) is 0.200. The Morgan fingerprint density at radius 2 is 2.23 bits per heavy atom. The minimum absolute atomic E-state index is 0.0208. The lowest BCUT2D eigenvalue weighted by molar-refractivity contribution is 0.741. The molecule has 0 radical (unpaired) electrons. The molecule has 0 aromatic heterocycles. The Kier molecular flexibility index (Phi) is 3.97. The zero-order valence-corrected chi connectivity index (χ0v) is 9.48. The van der Waals surface area contributed by atoms with E-state index < -0.39 is 0 Å². The molecule has 0 aliphatic carbocycles. The van der Waals surface area contributed by atoms with Gasteiger partial charge in [0.05, 0.1) is 0 Å². The molecule has 0 unspecified atom stereocenters. The monoisotopic (exact) mass is 259 g/mol. The van der Waals surface area contributed by atoms with Crippen LogP contribution in [-0.2, 0) is 0 Å². The van der Waals surface area contributed by atoms with Crippen molar-refractivity contribution in [3.05, 3.63) is 45.9 Å². The first kappa shape index (κ1) is 10.8. The Balaban J connectivity index is 2.93. The minimum Gasteiger partial charge on any atom is -0.324 e. The van der Waals surface area contributed by atoms with Gasteiger partial charge in [-0.2, -0.15) is 0 Å². The first-order valence-corrected chi connectivity index (χ1v) is 5.13. The highest BCUT2D eigenvalue weighted by Crippen LogP contribution is 2.24. The summed E-state index contributed by atoms with van der Waals surface area (Å²) in [5.74, 6) is 0. The molecule has 1 atom stereocenters. The van der Waals surface area contributed by atoms with Crippen LogP contribution in [0.25, 0.3) is 0 Å². The van der Waals surface area contributed by atoms with Crippen LogP contribution >= 0.6 is 27.5 Å². The molecule has 0 bridgehead atoms. The molecule has 0 heterocycles. The van der Waals surface area contributed by atoms with Crippen molar-refractivity contribution in [3.63, 3.8) is 0 Å². The molecule has 3 heteroatoms. The summed E-state index contributed by atoms with van der Waals surface area (Å²) in [6, 6.07) is 5.67. The predicted molar refractivity (Wildman–Crippen MR) is 60.9 cm³/mol. The van der Waals surface area contributed by atoms with Gasteiger partial charge in [-0.15, -0.1) is 6.58 Å². The van der Waals surface area contributed by atoms with Gasteiger partial charge in [0.2, 0.25) is 0 Å². The van der Waals surface area contributed by atoms with Crippen LogP contribution in [0.2, 0.25) is 5.02 Å². The highest BCUT2D eigenvalue weighted by molar-refractivity contribution is 9.10. The van der Waals surface area contributed by atoms with Crippen LogP contribution in [0.5, 0.6) is 0 Å². The molecule has 0 saturated carbocycles.